The van der Waals surface area contributed by atoms with Crippen LogP contribution in [0, 0.1) is 16.7 Å². The lowest BCUT2D eigenvalue weighted by atomic mass is 9.40. The van der Waals surface area contributed by atoms with Gasteiger partial charge in [-0.1, -0.05) is 19.9 Å². The summed E-state index contributed by atoms with van der Waals surface area (Å²) >= 11 is 0. The minimum atomic E-state index is -2.28. The summed E-state index contributed by atoms with van der Waals surface area (Å²) < 4.78 is 11.7. The molecule has 0 bridgehead atoms. The predicted molar refractivity (Wildman–Crippen MR) is 104 cm³/mol. The van der Waals surface area contributed by atoms with E-state index in [0.29, 0.717) is 6.42 Å². The van der Waals surface area contributed by atoms with Crippen molar-refractivity contribution in [3.8, 4) is 0 Å². The first-order valence-electron chi connectivity index (χ1n) is 10.1. The van der Waals surface area contributed by atoms with Gasteiger partial charge in [0.1, 0.15) is 11.4 Å². The maximum Gasteiger partial charge on any atom is 0.303 e. The van der Waals surface area contributed by atoms with E-state index in [0.717, 1.165) is 0 Å². The van der Waals surface area contributed by atoms with E-state index < -0.39 is 57.5 Å². The molecule has 2 N–H and O–H groups in total. The molecule has 3 fully saturated rings. The number of carbonyl (C=O) groups excluding carboxylic acids is 3. The molecule has 3 aliphatic rings. The topological polar surface area (TPSA) is 110 Å². The monoisotopic (exact) mass is 408 g/mol. The maximum atomic E-state index is 13.5. The Morgan fingerprint density at radius 1 is 1.21 bits per heavy atom. The zero-order valence-corrected chi connectivity index (χ0v) is 18.1. The second-order valence-electron chi connectivity index (χ2n) is 10.1. The van der Waals surface area contributed by atoms with E-state index in [1.807, 2.05) is 13.8 Å². The fraction of sp³-hybridized carbons (Fsp3) is 0.773. The van der Waals surface area contributed by atoms with Gasteiger partial charge in [-0.3, -0.25) is 14.4 Å². The molecule has 3 unspecified atom stereocenters. The summed E-state index contributed by atoms with van der Waals surface area (Å²) in [6.45, 7) is 13.3. The van der Waals surface area contributed by atoms with Crippen LogP contribution in [0.15, 0.2) is 12.7 Å². The zero-order chi connectivity index (χ0) is 22.2. The van der Waals surface area contributed by atoms with Crippen molar-refractivity contribution in [2.75, 3.05) is 0 Å². The van der Waals surface area contributed by atoms with E-state index in [1.165, 1.54) is 19.9 Å². The molecule has 0 amide bonds. The van der Waals surface area contributed by atoms with Gasteiger partial charge in [0.2, 0.25) is 0 Å². The van der Waals surface area contributed by atoms with Gasteiger partial charge in [0.25, 0.3) is 0 Å². The number of rotatable bonds is 2. The molecule has 0 aromatic carbocycles. The molecule has 7 heteroatoms. The van der Waals surface area contributed by atoms with Crippen LogP contribution in [-0.4, -0.2) is 56.8 Å². The molecule has 7 atom stereocenters. The quantitative estimate of drug-likeness (QED) is 0.529. The first-order valence-corrected chi connectivity index (χ1v) is 10.1. The van der Waals surface area contributed by atoms with Crippen molar-refractivity contribution >= 4 is 17.5 Å². The van der Waals surface area contributed by atoms with Gasteiger partial charge >= 0.3 is 5.97 Å². The Morgan fingerprint density at radius 3 is 2.31 bits per heavy atom. The standard InChI is InChI=1S/C22H32O7/c1-8-19(5)11-14(25)22(27)20(6)13(24)9-10-18(3,4)16(20)15(26)17(28-12(2)23)21(22,7)29-19/h8,15-17,26-27H,1,9-11H2,2-7H3/t15?,16-,17?,19-,20?,21+,22-/m0/s1. The molecule has 1 saturated heterocycles. The lowest BCUT2D eigenvalue weighted by Gasteiger charge is -2.69. The van der Waals surface area contributed by atoms with Crippen LogP contribution in [-0.2, 0) is 23.9 Å². The molecule has 162 valence electrons. The average Bonchev–Trinajstić information content (AvgIpc) is 2.59. The van der Waals surface area contributed by atoms with Crippen LogP contribution in [0.3, 0.4) is 0 Å². The van der Waals surface area contributed by atoms with Crippen LogP contribution >= 0.6 is 0 Å². The Hall–Kier alpha value is -1.57. The Kier molecular flexibility index (Phi) is 4.74. The first-order chi connectivity index (χ1) is 13.1. The second-order valence-corrected chi connectivity index (χ2v) is 10.1. The highest BCUT2D eigenvalue weighted by Crippen LogP contribution is 2.65. The lowest BCUT2D eigenvalue weighted by molar-refractivity contribution is -0.347. The molecule has 0 spiro atoms. The summed E-state index contributed by atoms with van der Waals surface area (Å²) in [4.78, 5) is 38.7. The molecule has 3 rings (SSSR count). The number of hydrogen-bond acceptors (Lipinski definition) is 7. The lowest BCUT2D eigenvalue weighted by Crippen LogP contribution is -2.86. The Balaban J connectivity index is 2.34. The summed E-state index contributed by atoms with van der Waals surface area (Å²) in [5.74, 6) is -2.35. The van der Waals surface area contributed by atoms with Crippen LogP contribution < -0.4 is 0 Å². The van der Waals surface area contributed by atoms with E-state index in [9.17, 15) is 24.6 Å². The molecule has 7 nitrogen and oxygen atoms in total. The fourth-order valence-corrected chi connectivity index (χ4v) is 6.40. The van der Waals surface area contributed by atoms with E-state index >= 15 is 0 Å². The molecule has 2 saturated carbocycles. The molecule has 2 aliphatic carbocycles. The Morgan fingerprint density at radius 2 is 1.79 bits per heavy atom. The van der Waals surface area contributed by atoms with E-state index in [1.54, 1.807) is 13.8 Å². The molecule has 1 aliphatic heterocycles. The van der Waals surface area contributed by atoms with Gasteiger partial charge in [0, 0.05) is 25.7 Å². The molecule has 0 radical (unpaired) electrons. The number of ketones is 2. The summed E-state index contributed by atoms with van der Waals surface area (Å²) in [6, 6.07) is 0. The van der Waals surface area contributed by atoms with Gasteiger partial charge in [-0.2, -0.15) is 0 Å². The number of aliphatic hydroxyl groups is 2. The normalized spacial score (nSPS) is 49.0. The molecular formula is C22H32O7. The summed E-state index contributed by atoms with van der Waals surface area (Å²) in [5.41, 5.74) is -7.45. The molecule has 0 aromatic heterocycles. The van der Waals surface area contributed by atoms with E-state index in [2.05, 4.69) is 6.58 Å². The predicted octanol–water partition coefficient (Wildman–Crippen LogP) is 1.73. The van der Waals surface area contributed by atoms with Gasteiger partial charge in [-0.05, 0) is 32.6 Å². The SMILES string of the molecule is C=C[C@@]1(C)CC(=O)[C@]2(O)C3(C)C(=O)CCC(C)(C)[C@@H]3C(O)C(OC(C)=O)[C@@]2(C)O1. The highest BCUT2D eigenvalue weighted by atomic mass is 16.6. The van der Waals surface area contributed by atoms with Gasteiger partial charge in [-0.15, -0.1) is 6.58 Å². The van der Waals surface area contributed by atoms with Crippen molar-refractivity contribution in [2.24, 2.45) is 16.7 Å². The summed E-state index contributed by atoms with van der Waals surface area (Å²) in [6.07, 6.45) is -0.711. The van der Waals surface area contributed by atoms with Crippen LogP contribution in [0.5, 0.6) is 0 Å². The third-order valence-corrected chi connectivity index (χ3v) is 7.79. The molecular weight excluding hydrogens is 376 g/mol. The average molecular weight is 408 g/mol. The number of fused-ring (bicyclic) bond motifs is 3. The van der Waals surface area contributed by atoms with E-state index in [4.69, 9.17) is 9.47 Å². The zero-order valence-electron chi connectivity index (χ0n) is 18.1. The highest BCUT2D eigenvalue weighted by Gasteiger charge is 2.81. The maximum absolute atomic E-state index is 13.5. The Labute approximate surface area is 171 Å². The van der Waals surface area contributed by atoms with Gasteiger partial charge in [0.15, 0.2) is 17.5 Å². The van der Waals surface area contributed by atoms with Gasteiger partial charge < -0.3 is 19.7 Å². The second kappa shape index (κ2) is 6.22. The third kappa shape index (κ3) is 2.56. The molecule has 1 heterocycles. The number of Topliss-reactive ketones (excluding diaryl/α,β-unsaturated/α-hetero) is 2. The highest BCUT2D eigenvalue weighted by molar-refractivity contribution is 6.00. The van der Waals surface area contributed by atoms with Crippen LogP contribution in [0.4, 0.5) is 0 Å². The largest absolute Gasteiger partial charge is 0.457 e. The smallest absolute Gasteiger partial charge is 0.303 e. The number of esters is 1. The molecule has 0 aromatic rings. The van der Waals surface area contributed by atoms with Crippen molar-refractivity contribution in [3.05, 3.63) is 12.7 Å². The fourth-order valence-electron chi connectivity index (χ4n) is 6.40. The van der Waals surface area contributed by atoms with Crippen molar-refractivity contribution < 1.29 is 34.1 Å². The number of hydrogen-bond donors (Lipinski definition) is 2. The van der Waals surface area contributed by atoms with E-state index in [-0.39, 0.29) is 18.6 Å². The number of ether oxygens (including phenoxy) is 2. The Bertz CT molecular complexity index is 788. The van der Waals surface area contributed by atoms with Crippen molar-refractivity contribution in [1.29, 1.82) is 0 Å². The van der Waals surface area contributed by atoms with Crippen molar-refractivity contribution in [3.63, 3.8) is 0 Å². The summed E-state index contributed by atoms with van der Waals surface area (Å²) in [7, 11) is 0. The number of aliphatic hydroxyl groups excluding tert-OH is 1. The first kappa shape index (κ1) is 22.1. The van der Waals surface area contributed by atoms with Crippen molar-refractivity contribution in [2.45, 2.75) is 89.8 Å². The van der Waals surface area contributed by atoms with Crippen molar-refractivity contribution in [1.82, 2.24) is 0 Å². The summed E-state index contributed by atoms with van der Waals surface area (Å²) in [5, 5.41) is 23.5. The number of carbonyl (C=O) groups is 3. The van der Waals surface area contributed by atoms with Crippen LogP contribution in [0.1, 0.15) is 60.8 Å². The van der Waals surface area contributed by atoms with Crippen LogP contribution in [0.2, 0.25) is 0 Å². The molecule has 29 heavy (non-hydrogen) atoms. The van der Waals surface area contributed by atoms with Crippen LogP contribution in [0.25, 0.3) is 0 Å². The van der Waals surface area contributed by atoms with Gasteiger partial charge in [-0.25, -0.2) is 0 Å². The van der Waals surface area contributed by atoms with Gasteiger partial charge in [0.05, 0.1) is 17.1 Å². The minimum absolute atomic E-state index is 0.176. The minimum Gasteiger partial charge on any atom is -0.457 e. The third-order valence-electron chi connectivity index (χ3n) is 7.79.